The molecule has 1 aromatic carbocycles. The molecule has 1 atom stereocenters. The molecule has 0 aliphatic carbocycles. The number of nitrogens with one attached hydrogen (secondary N) is 3. The van der Waals surface area contributed by atoms with Crippen molar-refractivity contribution in [2.45, 2.75) is 19.4 Å². The molecule has 0 aliphatic heterocycles. The molecule has 7 nitrogen and oxygen atoms in total. The van der Waals surface area contributed by atoms with E-state index in [9.17, 15) is 14.4 Å². The SMILES string of the molecule is C[C@@H](NC(=O)Cc1csc(NC(=O)c2ccc[nH]c2=O)n1)c1ccccc1. The molecule has 0 saturated heterocycles. The lowest BCUT2D eigenvalue weighted by atomic mass is 10.1. The second kappa shape index (κ2) is 8.41. The summed E-state index contributed by atoms with van der Waals surface area (Å²) in [4.78, 5) is 42.7. The van der Waals surface area contributed by atoms with Crippen molar-refractivity contribution in [1.29, 1.82) is 0 Å². The van der Waals surface area contributed by atoms with E-state index in [2.05, 4.69) is 20.6 Å². The summed E-state index contributed by atoms with van der Waals surface area (Å²) in [5.41, 5.74) is 1.10. The van der Waals surface area contributed by atoms with Gasteiger partial charge in [-0.2, -0.15) is 0 Å². The molecular formula is C19H18N4O3S. The Morgan fingerprint density at radius 2 is 1.96 bits per heavy atom. The number of aromatic nitrogens is 2. The summed E-state index contributed by atoms with van der Waals surface area (Å²) in [6.07, 6.45) is 1.56. The van der Waals surface area contributed by atoms with Crippen LogP contribution in [0.5, 0.6) is 0 Å². The zero-order chi connectivity index (χ0) is 19.2. The minimum Gasteiger partial charge on any atom is -0.349 e. The first-order valence-electron chi connectivity index (χ1n) is 8.30. The highest BCUT2D eigenvalue weighted by Gasteiger charge is 2.14. The van der Waals surface area contributed by atoms with Crippen molar-refractivity contribution in [1.82, 2.24) is 15.3 Å². The van der Waals surface area contributed by atoms with Crippen LogP contribution in [0.2, 0.25) is 0 Å². The van der Waals surface area contributed by atoms with Gasteiger partial charge in [0.15, 0.2) is 5.13 Å². The molecule has 27 heavy (non-hydrogen) atoms. The topological polar surface area (TPSA) is 104 Å². The molecule has 3 N–H and O–H groups in total. The van der Waals surface area contributed by atoms with Gasteiger partial charge in [-0.15, -0.1) is 11.3 Å². The summed E-state index contributed by atoms with van der Waals surface area (Å²) in [6.45, 7) is 1.91. The van der Waals surface area contributed by atoms with E-state index in [0.29, 0.717) is 10.8 Å². The lowest BCUT2D eigenvalue weighted by Gasteiger charge is -2.13. The maximum atomic E-state index is 12.2. The first-order chi connectivity index (χ1) is 13.0. The van der Waals surface area contributed by atoms with Gasteiger partial charge in [-0.05, 0) is 24.6 Å². The molecule has 0 aliphatic rings. The largest absolute Gasteiger partial charge is 0.349 e. The average Bonchev–Trinajstić information content (AvgIpc) is 3.09. The highest BCUT2D eigenvalue weighted by molar-refractivity contribution is 7.14. The Morgan fingerprint density at radius 3 is 2.70 bits per heavy atom. The van der Waals surface area contributed by atoms with Gasteiger partial charge in [-0.3, -0.25) is 19.7 Å². The third-order valence-corrected chi connectivity index (χ3v) is 4.66. The molecule has 0 unspecified atom stereocenters. The number of amides is 2. The van der Waals surface area contributed by atoms with Crippen molar-refractivity contribution in [3.8, 4) is 0 Å². The normalized spacial score (nSPS) is 11.6. The van der Waals surface area contributed by atoms with E-state index < -0.39 is 11.5 Å². The molecule has 8 heteroatoms. The number of nitrogens with zero attached hydrogens (tertiary/aromatic N) is 1. The molecule has 2 aromatic heterocycles. The van der Waals surface area contributed by atoms with Crippen molar-refractivity contribution < 1.29 is 9.59 Å². The van der Waals surface area contributed by atoms with E-state index in [1.807, 2.05) is 37.3 Å². The first-order valence-corrected chi connectivity index (χ1v) is 9.18. The fourth-order valence-electron chi connectivity index (χ4n) is 2.49. The highest BCUT2D eigenvalue weighted by Crippen LogP contribution is 2.17. The number of hydrogen-bond donors (Lipinski definition) is 3. The van der Waals surface area contributed by atoms with E-state index in [0.717, 1.165) is 5.56 Å². The van der Waals surface area contributed by atoms with Gasteiger partial charge in [-0.25, -0.2) is 4.98 Å². The molecule has 2 heterocycles. The Balaban J connectivity index is 1.58. The molecule has 0 radical (unpaired) electrons. The Bertz CT molecular complexity index is 997. The standard InChI is InChI=1S/C19H18N4O3S/c1-12(13-6-3-2-4-7-13)21-16(24)10-14-11-27-19(22-14)23-18(26)15-8-5-9-20-17(15)25/h2-9,11-12H,10H2,1H3,(H,20,25)(H,21,24)(H,22,23,26)/t12-/m1/s1. The number of pyridine rings is 1. The van der Waals surface area contributed by atoms with Crippen molar-refractivity contribution in [2.75, 3.05) is 5.32 Å². The van der Waals surface area contributed by atoms with Crippen LogP contribution in [0.4, 0.5) is 5.13 Å². The van der Waals surface area contributed by atoms with E-state index >= 15 is 0 Å². The first kappa shape index (κ1) is 18.5. The predicted molar refractivity (Wildman–Crippen MR) is 104 cm³/mol. The molecule has 0 spiro atoms. The lowest BCUT2D eigenvalue weighted by molar-refractivity contribution is -0.121. The van der Waals surface area contributed by atoms with Gasteiger partial charge in [0, 0.05) is 11.6 Å². The number of carbonyl (C=O) groups is 2. The van der Waals surface area contributed by atoms with Gasteiger partial charge in [0.25, 0.3) is 11.5 Å². The molecule has 3 rings (SSSR count). The van der Waals surface area contributed by atoms with Crippen LogP contribution in [-0.4, -0.2) is 21.8 Å². The minimum absolute atomic E-state index is 0.00341. The molecule has 0 fully saturated rings. The van der Waals surface area contributed by atoms with Crippen molar-refractivity contribution in [3.05, 3.63) is 81.2 Å². The number of rotatable bonds is 6. The number of benzene rings is 1. The highest BCUT2D eigenvalue weighted by atomic mass is 32.1. The number of hydrogen-bond acceptors (Lipinski definition) is 5. The van der Waals surface area contributed by atoms with Crippen molar-refractivity contribution >= 4 is 28.3 Å². The summed E-state index contributed by atoms with van der Waals surface area (Å²) in [5.74, 6) is -0.700. The van der Waals surface area contributed by atoms with E-state index in [-0.39, 0.29) is 23.9 Å². The van der Waals surface area contributed by atoms with E-state index in [4.69, 9.17) is 0 Å². The third-order valence-electron chi connectivity index (χ3n) is 3.85. The summed E-state index contributed by atoms with van der Waals surface area (Å²) >= 11 is 1.20. The van der Waals surface area contributed by atoms with Gasteiger partial charge >= 0.3 is 0 Å². The maximum absolute atomic E-state index is 12.2. The zero-order valence-corrected chi connectivity index (χ0v) is 15.4. The van der Waals surface area contributed by atoms with Crippen LogP contribution in [-0.2, 0) is 11.2 Å². The van der Waals surface area contributed by atoms with Crippen LogP contribution in [0, 0.1) is 0 Å². The Labute approximate surface area is 159 Å². The number of thiazole rings is 1. The second-order valence-corrected chi connectivity index (χ2v) is 6.75. The van der Waals surface area contributed by atoms with Gasteiger partial charge in [0.05, 0.1) is 18.2 Å². The summed E-state index contributed by atoms with van der Waals surface area (Å²) in [6, 6.07) is 12.6. The summed E-state index contributed by atoms with van der Waals surface area (Å²) in [5, 5.41) is 7.54. The number of aromatic amines is 1. The summed E-state index contributed by atoms with van der Waals surface area (Å²) in [7, 11) is 0. The Morgan fingerprint density at radius 1 is 1.19 bits per heavy atom. The van der Waals surface area contributed by atoms with Crippen LogP contribution in [0.1, 0.15) is 34.6 Å². The van der Waals surface area contributed by atoms with Crippen LogP contribution in [0.3, 0.4) is 0 Å². The van der Waals surface area contributed by atoms with Crippen LogP contribution in [0.25, 0.3) is 0 Å². The lowest BCUT2D eigenvalue weighted by Crippen LogP contribution is -2.28. The number of carbonyl (C=O) groups excluding carboxylic acids is 2. The van der Waals surface area contributed by atoms with Crippen molar-refractivity contribution in [2.24, 2.45) is 0 Å². The minimum atomic E-state index is -0.542. The number of H-pyrrole nitrogens is 1. The van der Waals surface area contributed by atoms with Gasteiger partial charge in [0.2, 0.25) is 5.91 Å². The molecule has 2 amide bonds. The van der Waals surface area contributed by atoms with Crippen LogP contribution < -0.4 is 16.2 Å². The quantitative estimate of drug-likeness (QED) is 0.609. The second-order valence-electron chi connectivity index (χ2n) is 5.89. The third kappa shape index (κ3) is 4.89. The van der Waals surface area contributed by atoms with Crippen molar-refractivity contribution in [3.63, 3.8) is 0 Å². The predicted octanol–water partition coefficient (Wildman–Crippen LogP) is 2.50. The average molecular weight is 382 g/mol. The molecule has 0 saturated carbocycles. The Hall–Kier alpha value is -3.26. The zero-order valence-electron chi connectivity index (χ0n) is 14.6. The smallest absolute Gasteiger partial charge is 0.263 e. The Kier molecular flexibility index (Phi) is 5.77. The molecule has 138 valence electrons. The van der Waals surface area contributed by atoms with Crippen LogP contribution >= 0.6 is 11.3 Å². The van der Waals surface area contributed by atoms with E-state index in [1.165, 1.54) is 23.6 Å². The molecule has 0 bridgehead atoms. The van der Waals surface area contributed by atoms with E-state index in [1.54, 1.807) is 11.4 Å². The van der Waals surface area contributed by atoms with Crippen LogP contribution in [0.15, 0.2) is 58.8 Å². The fourth-order valence-corrected chi connectivity index (χ4v) is 3.20. The number of anilines is 1. The van der Waals surface area contributed by atoms with Gasteiger partial charge in [0.1, 0.15) is 5.56 Å². The van der Waals surface area contributed by atoms with Gasteiger partial charge < -0.3 is 10.3 Å². The summed E-state index contributed by atoms with van der Waals surface area (Å²) < 4.78 is 0. The molecular weight excluding hydrogens is 364 g/mol. The van der Waals surface area contributed by atoms with Gasteiger partial charge in [-0.1, -0.05) is 30.3 Å². The molecule has 3 aromatic rings. The maximum Gasteiger partial charge on any atom is 0.263 e. The fraction of sp³-hybridized carbons (Fsp3) is 0.158. The monoisotopic (exact) mass is 382 g/mol.